The fraction of sp³-hybridized carbons (Fsp3) is 0.344. The Morgan fingerprint density at radius 2 is 1.84 bits per heavy atom. The number of anilines is 1. The second-order valence-corrected chi connectivity index (χ2v) is 12.5. The Bertz CT molecular complexity index is 1600. The monoisotopic (exact) mass is 628 g/mol. The average molecular weight is 630 g/mol. The van der Waals surface area contributed by atoms with Crippen LogP contribution in [-0.4, -0.2) is 38.1 Å². The van der Waals surface area contributed by atoms with Crippen molar-refractivity contribution in [3.8, 4) is 11.8 Å². The first-order valence-electron chi connectivity index (χ1n) is 13.5. The van der Waals surface area contributed by atoms with Gasteiger partial charge in [-0.25, -0.2) is 8.78 Å². The Hall–Kier alpha value is -3.71. The molecule has 7 nitrogen and oxygen atoms in total. The molecule has 0 saturated carbocycles. The first-order valence-corrected chi connectivity index (χ1v) is 14.3. The van der Waals surface area contributed by atoms with E-state index in [9.17, 15) is 14.9 Å². The summed E-state index contributed by atoms with van der Waals surface area (Å²) >= 11 is 12.3. The van der Waals surface area contributed by atoms with Gasteiger partial charge in [0.15, 0.2) is 0 Å². The third kappa shape index (κ3) is 6.19. The molecular weight excluding hydrogens is 597 g/mol. The highest BCUT2D eigenvalue weighted by Crippen LogP contribution is 2.53. The van der Waals surface area contributed by atoms with E-state index in [0.717, 1.165) is 6.07 Å². The molecule has 2 amide bonds. The van der Waals surface area contributed by atoms with Gasteiger partial charge in [-0.15, -0.1) is 0 Å². The molecule has 1 aliphatic heterocycles. The van der Waals surface area contributed by atoms with Gasteiger partial charge in [0.2, 0.25) is 5.91 Å². The summed E-state index contributed by atoms with van der Waals surface area (Å²) < 4.78 is 37.1. The highest BCUT2D eigenvalue weighted by molar-refractivity contribution is 6.31. The number of nitriles is 1. The first kappa shape index (κ1) is 32.2. The maximum absolute atomic E-state index is 15.8. The molecule has 0 spiro atoms. The zero-order valence-electron chi connectivity index (χ0n) is 24.3. The molecule has 0 aromatic heterocycles. The normalized spacial score (nSPS) is 21.6. The fourth-order valence-electron chi connectivity index (χ4n) is 5.85. The van der Waals surface area contributed by atoms with Gasteiger partial charge >= 0.3 is 0 Å². The Morgan fingerprint density at radius 1 is 1.12 bits per heavy atom. The van der Waals surface area contributed by atoms with Crippen LogP contribution in [0.4, 0.5) is 14.5 Å². The fourth-order valence-corrected chi connectivity index (χ4v) is 6.19. The summed E-state index contributed by atoms with van der Waals surface area (Å²) in [6.07, 6.45) is 0.329. The van der Waals surface area contributed by atoms with Crippen molar-refractivity contribution in [2.24, 2.45) is 5.41 Å². The zero-order valence-corrected chi connectivity index (χ0v) is 25.8. The van der Waals surface area contributed by atoms with Crippen LogP contribution in [0, 0.1) is 28.4 Å². The van der Waals surface area contributed by atoms with Crippen molar-refractivity contribution in [2.45, 2.75) is 50.6 Å². The number of carbonyl (C=O) groups excluding carboxylic acids is 2. The van der Waals surface area contributed by atoms with Gasteiger partial charge in [0, 0.05) is 35.2 Å². The van der Waals surface area contributed by atoms with E-state index in [1.54, 1.807) is 0 Å². The molecule has 4 rings (SSSR count). The predicted molar refractivity (Wildman–Crippen MR) is 163 cm³/mol. The van der Waals surface area contributed by atoms with Gasteiger partial charge in [-0.3, -0.25) is 9.59 Å². The van der Waals surface area contributed by atoms with Crippen molar-refractivity contribution in [3.05, 3.63) is 93.0 Å². The Kier molecular flexibility index (Phi) is 9.36. The predicted octanol–water partition coefficient (Wildman–Crippen LogP) is 6.60. The summed E-state index contributed by atoms with van der Waals surface area (Å²) in [7, 11) is 2.88. The van der Waals surface area contributed by atoms with Crippen molar-refractivity contribution in [2.75, 3.05) is 19.5 Å². The van der Waals surface area contributed by atoms with Crippen LogP contribution in [0.5, 0.6) is 5.75 Å². The first-order chi connectivity index (χ1) is 20.3. The maximum Gasteiger partial charge on any atom is 0.251 e. The van der Waals surface area contributed by atoms with E-state index in [-0.39, 0.29) is 43.9 Å². The molecular formula is C32H32Cl2F2N4O3. The molecule has 0 aliphatic carbocycles. The van der Waals surface area contributed by atoms with Crippen LogP contribution in [-0.2, 0) is 10.2 Å². The van der Waals surface area contributed by atoms with Crippen LogP contribution in [0.15, 0.2) is 54.6 Å². The van der Waals surface area contributed by atoms with Crippen molar-refractivity contribution >= 4 is 40.7 Å². The van der Waals surface area contributed by atoms with Crippen LogP contribution < -0.4 is 20.7 Å². The third-order valence-electron chi connectivity index (χ3n) is 7.68. The van der Waals surface area contributed by atoms with E-state index >= 15 is 8.78 Å². The number of nitrogens with zero attached hydrogens (tertiary/aromatic N) is 1. The summed E-state index contributed by atoms with van der Waals surface area (Å²) in [4.78, 5) is 26.3. The number of hydrogen-bond donors (Lipinski definition) is 3. The lowest BCUT2D eigenvalue weighted by molar-refractivity contribution is -0.118. The standard InChI is InChI=1S/C32H32Cl2F2N4O3/c1-31(2,3)15-25-32(16-37,20-11-10-18(33)14-22(20)35)26(19-7-6-8-21(34)27(19)36)28(40-25)30(42)39-23-12-9-17(29(41)38-4)13-24(23)43-5/h6-14,25-26,28,40H,15H2,1-5H3,(H,38,41)(H,39,42)/t25-,26-,28+,32-/m0/s1. The summed E-state index contributed by atoms with van der Waals surface area (Å²) in [6, 6.07) is 13.1. The molecule has 0 bridgehead atoms. The molecule has 1 heterocycles. The lowest BCUT2D eigenvalue weighted by atomic mass is 9.62. The van der Waals surface area contributed by atoms with E-state index in [1.807, 2.05) is 20.8 Å². The largest absolute Gasteiger partial charge is 0.495 e. The average Bonchev–Trinajstić information content (AvgIpc) is 3.27. The van der Waals surface area contributed by atoms with E-state index in [1.165, 1.54) is 62.7 Å². The van der Waals surface area contributed by atoms with Gasteiger partial charge in [-0.1, -0.05) is 62.2 Å². The number of benzene rings is 3. The second kappa shape index (κ2) is 12.5. The summed E-state index contributed by atoms with van der Waals surface area (Å²) in [5, 5.41) is 19.5. The molecule has 3 aromatic carbocycles. The van der Waals surface area contributed by atoms with Crippen LogP contribution in [0.1, 0.15) is 54.6 Å². The van der Waals surface area contributed by atoms with Crippen LogP contribution >= 0.6 is 23.2 Å². The third-order valence-corrected chi connectivity index (χ3v) is 8.21. The van der Waals surface area contributed by atoms with E-state index < -0.39 is 41.0 Å². The Morgan fingerprint density at radius 3 is 2.44 bits per heavy atom. The van der Waals surface area contributed by atoms with Gasteiger partial charge in [0.25, 0.3) is 5.91 Å². The molecule has 11 heteroatoms. The minimum atomic E-state index is -1.76. The van der Waals surface area contributed by atoms with Crippen LogP contribution in [0.2, 0.25) is 10.0 Å². The molecule has 226 valence electrons. The SMILES string of the molecule is CNC(=O)c1ccc(NC(=O)[C@@H]2N[C@@H](CC(C)(C)C)[C@](C#N)(c3ccc(Cl)cc3F)[C@H]2c2cccc(Cl)c2F)c(OC)c1. The maximum atomic E-state index is 15.8. The van der Waals surface area contributed by atoms with Gasteiger partial charge < -0.3 is 20.7 Å². The number of halogens is 4. The minimum absolute atomic E-state index is 0.0191. The molecule has 0 radical (unpaired) electrons. The van der Waals surface area contributed by atoms with E-state index in [2.05, 4.69) is 22.0 Å². The molecule has 1 saturated heterocycles. The minimum Gasteiger partial charge on any atom is -0.495 e. The number of hydrogen-bond acceptors (Lipinski definition) is 5. The lowest BCUT2D eigenvalue weighted by Gasteiger charge is -2.37. The van der Waals surface area contributed by atoms with Gasteiger partial charge in [0.05, 0.1) is 29.9 Å². The van der Waals surface area contributed by atoms with Crippen molar-refractivity contribution in [1.29, 1.82) is 5.26 Å². The summed E-state index contributed by atoms with van der Waals surface area (Å²) in [6.45, 7) is 5.86. The number of amides is 2. The quantitative estimate of drug-likeness (QED) is 0.273. The number of methoxy groups -OCH3 is 1. The molecule has 1 aliphatic rings. The molecule has 4 atom stereocenters. The number of carbonyl (C=O) groups is 2. The van der Waals surface area contributed by atoms with Crippen molar-refractivity contribution < 1.29 is 23.1 Å². The Labute approximate surface area is 259 Å². The van der Waals surface area contributed by atoms with E-state index in [4.69, 9.17) is 27.9 Å². The summed E-state index contributed by atoms with van der Waals surface area (Å²) in [5.41, 5.74) is -1.64. The van der Waals surface area contributed by atoms with Gasteiger partial charge in [-0.05, 0) is 53.8 Å². The Balaban J connectivity index is 1.93. The molecule has 43 heavy (non-hydrogen) atoms. The number of ether oxygens (including phenoxy) is 1. The van der Waals surface area contributed by atoms with Crippen LogP contribution in [0.3, 0.4) is 0 Å². The van der Waals surface area contributed by atoms with Crippen molar-refractivity contribution in [1.82, 2.24) is 10.6 Å². The topological polar surface area (TPSA) is 103 Å². The molecule has 3 N–H and O–H groups in total. The van der Waals surface area contributed by atoms with Gasteiger partial charge in [-0.2, -0.15) is 5.26 Å². The summed E-state index contributed by atoms with van der Waals surface area (Å²) in [5.74, 6) is -3.56. The van der Waals surface area contributed by atoms with Gasteiger partial charge in [0.1, 0.15) is 22.8 Å². The highest BCUT2D eigenvalue weighted by Gasteiger charge is 2.61. The van der Waals surface area contributed by atoms with Crippen LogP contribution in [0.25, 0.3) is 0 Å². The zero-order chi connectivity index (χ0) is 31.7. The van der Waals surface area contributed by atoms with E-state index in [0.29, 0.717) is 12.0 Å². The molecule has 1 fully saturated rings. The van der Waals surface area contributed by atoms with Crippen molar-refractivity contribution in [3.63, 3.8) is 0 Å². The molecule has 0 unspecified atom stereocenters. The lowest BCUT2D eigenvalue weighted by Crippen LogP contribution is -2.45. The molecule has 3 aromatic rings. The number of rotatable bonds is 7. The number of nitrogens with one attached hydrogen (secondary N) is 3. The smallest absolute Gasteiger partial charge is 0.251 e. The highest BCUT2D eigenvalue weighted by atomic mass is 35.5. The second-order valence-electron chi connectivity index (χ2n) is 11.7.